The van der Waals surface area contributed by atoms with Crippen LogP contribution in [0.15, 0.2) is 54.6 Å². The molecule has 3 nitrogen and oxygen atoms in total. The monoisotopic (exact) mass is 363 g/mol. The number of alkyl halides is 3. The van der Waals surface area contributed by atoms with Gasteiger partial charge in [0.25, 0.3) is 0 Å². The number of ether oxygens (including phenoxy) is 1. The predicted octanol–water partition coefficient (Wildman–Crippen LogP) is 4.55. The summed E-state index contributed by atoms with van der Waals surface area (Å²) in [5, 5.41) is 3.33. The number of ketones is 1. The summed E-state index contributed by atoms with van der Waals surface area (Å²) in [4.78, 5) is 12.4. The molecule has 2 aromatic rings. The molecule has 0 radical (unpaired) electrons. The van der Waals surface area contributed by atoms with Gasteiger partial charge in [0.1, 0.15) is 5.75 Å². The van der Waals surface area contributed by atoms with Gasteiger partial charge >= 0.3 is 6.36 Å². The Kier molecular flexibility index (Phi) is 5.61. The van der Waals surface area contributed by atoms with Crippen molar-refractivity contribution < 1.29 is 22.7 Å². The summed E-state index contributed by atoms with van der Waals surface area (Å²) in [6, 6.07) is 15.2. The van der Waals surface area contributed by atoms with Gasteiger partial charge in [0.05, 0.1) is 0 Å². The second kappa shape index (κ2) is 7.91. The molecule has 0 spiro atoms. The lowest BCUT2D eigenvalue weighted by molar-refractivity contribution is -0.274. The van der Waals surface area contributed by atoms with Crippen molar-refractivity contribution in [1.29, 1.82) is 0 Å². The van der Waals surface area contributed by atoms with E-state index in [0.29, 0.717) is 12.0 Å². The average molecular weight is 363 g/mol. The Morgan fingerprint density at radius 2 is 1.73 bits per heavy atom. The van der Waals surface area contributed by atoms with Crippen molar-refractivity contribution in [1.82, 2.24) is 5.32 Å². The number of carbonyl (C=O) groups excluding carboxylic acids is 1. The normalized spacial score (nSPS) is 20.6. The highest BCUT2D eigenvalue weighted by atomic mass is 19.4. The molecule has 1 saturated heterocycles. The van der Waals surface area contributed by atoms with Crippen LogP contribution in [0.4, 0.5) is 13.2 Å². The zero-order valence-corrected chi connectivity index (χ0v) is 14.1. The van der Waals surface area contributed by atoms with Crippen LogP contribution in [-0.2, 0) is 0 Å². The van der Waals surface area contributed by atoms with Gasteiger partial charge in [-0.1, -0.05) is 42.5 Å². The third-order valence-electron chi connectivity index (χ3n) is 4.60. The Morgan fingerprint density at radius 1 is 1.04 bits per heavy atom. The van der Waals surface area contributed by atoms with Gasteiger partial charge in [0.2, 0.25) is 0 Å². The molecule has 3 rings (SSSR count). The van der Waals surface area contributed by atoms with E-state index in [9.17, 15) is 18.0 Å². The van der Waals surface area contributed by atoms with E-state index in [0.717, 1.165) is 25.1 Å². The van der Waals surface area contributed by atoms with Crippen molar-refractivity contribution in [3.63, 3.8) is 0 Å². The maximum Gasteiger partial charge on any atom is 0.573 e. The maximum absolute atomic E-state index is 12.4. The highest BCUT2D eigenvalue weighted by Crippen LogP contribution is 2.31. The van der Waals surface area contributed by atoms with Crippen LogP contribution in [0.25, 0.3) is 0 Å². The first-order valence-electron chi connectivity index (χ1n) is 8.55. The molecule has 1 N–H and O–H groups in total. The SMILES string of the molecule is O=C(CC1CNCC(c2ccc(OC(F)(F)F)cc2)C1)c1ccccc1. The summed E-state index contributed by atoms with van der Waals surface area (Å²) in [6.07, 6.45) is -3.40. The second-order valence-electron chi connectivity index (χ2n) is 6.57. The van der Waals surface area contributed by atoms with E-state index < -0.39 is 6.36 Å². The summed E-state index contributed by atoms with van der Waals surface area (Å²) < 4.78 is 40.6. The number of hydrogen-bond donors (Lipinski definition) is 1. The quantitative estimate of drug-likeness (QED) is 0.792. The number of carbonyl (C=O) groups is 1. The van der Waals surface area contributed by atoms with Gasteiger partial charge in [-0.05, 0) is 42.5 Å². The molecule has 1 fully saturated rings. The fourth-order valence-corrected chi connectivity index (χ4v) is 3.39. The molecular weight excluding hydrogens is 343 g/mol. The number of rotatable bonds is 5. The first-order chi connectivity index (χ1) is 12.4. The Morgan fingerprint density at radius 3 is 2.38 bits per heavy atom. The van der Waals surface area contributed by atoms with Gasteiger partial charge in [-0.15, -0.1) is 13.2 Å². The van der Waals surface area contributed by atoms with Gasteiger partial charge < -0.3 is 10.1 Å². The lowest BCUT2D eigenvalue weighted by Gasteiger charge is -2.30. The number of hydrogen-bond acceptors (Lipinski definition) is 3. The number of benzene rings is 2. The molecule has 0 bridgehead atoms. The minimum Gasteiger partial charge on any atom is -0.406 e. The zero-order chi connectivity index (χ0) is 18.6. The molecule has 0 aliphatic carbocycles. The van der Waals surface area contributed by atoms with Crippen molar-refractivity contribution in [3.05, 3.63) is 65.7 Å². The molecule has 1 aliphatic heterocycles. The summed E-state index contributed by atoms with van der Waals surface area (Å²) in [5.41, 5.74) is 1.66. The van der Waals surface area contributed by atoms with Gasteiger partial charge in [-0.25, -0.2) is 0 Å². The third-order valence-corrected chi connectivity index (χ3v) is 4.60. The van der Waals surface area contributed by atoms with Gasteiger partial charge in [-0.3, -0.25) is 4.79 Å². The van der Waals surface area contributed by atoms with E-state index in [1.54, 1.807) is 12.1 Å². The van der Waals surface area contributed by atoms with Crippen LogP contribution in [-0.4, -0.2) is 25.2 Å². The molecule has 26 heavy (non-hydrogen) atoms. The minimum atomic E-state index is -4.68. The van der Waals surface area contributed by atoms with Crippen LogP contribution in [0.3, 0.4) is 0 Å². The van der Waals surface area contributed by atoms with E-state index in [1.165, 1.54) is 12.1 Å². The first-order valence-corrected chi connectivity index (χ1v) is 8.55. The minimum absolute atomic E-state index is 0.118. The second-order valence-corrected chi connectivity index (χ2v) is 6.57. The Hall–Kier alpha value is -2.34. The predicted molar refractivity (Wildman–Crippen MR) is 92.2 cm³/mol. The fraction of sp³-hybridized carbons (Fsp3) is 0.350. The number of Topliss-reactive ketones (excluding diaryl/α,β-unsaturated/α-hetero) is 1. The smallest absolute Gasteiger partial charge is 0.406 e. The summed E-state index contributed by atoms with van der Waals surface area (Å²) in [5.74, 6) is 0.262. The van der Waals surface area contributed by atoms with E-state index in [1.807, 2.05) is 30.3 Å². The summed E-state index contributed by atoms with van der Waals surface area (Å²) >= 11 is 0. The number of piperidine rings is 1. The fourth-order valence-electron chi connectivity index (χ4n) is 3.39. The Labute approximate surface area is 150 Å². The molecule has 0 amide bonds. The van der Waals surface area contributed by atoms with Crippen LogP contribution < -0.4 is 10.1 Å². The largest absolute Gasteiger partial charge is 0.573 e. The van der Waals surface area contributed by atoms with Crippen LogP contribution in [0.2, 0.25) is 0 Å². The molecule has 0 aromatic heterocycles. The molecule has 1 aliphatic rings. The molecule has 0 saturated carbocycles. The van der Waals surface area contributed by atoms with Crippen molar-refractivity contribution in [2.45, 2.75) is 25.1 Å². The highest BCUT2D eigenvalue weighted by molar-refractivity contribution is 5.96. The van der Waals surface area contributed by atoms with E-state index in [4.69, 9.17) is 0 Å². The van der Waals surface area contributed by atoms with Crippen molar-refractivity contribution in [3.8, 4) is 5.75 Å². The van der Waals surface area contributed by atoms with E-state index >= 15 is 0 Å². The highest BCUT2D eigenvalue weighted by Gasteiger charge is 2.31. The number of nitrogens with one attached hydrogen (secondary N) is 1. The third kappa shape index (κ3) is 5.08. The first kappa shape index (κ1) is 18.5. The maximum atomic E-state index is 12.4. The Balaban J connectivity index is 1.60. The van der Waals surface area contributed by atoms with Gasteiger partial charge in [0, 0.05) is 18.5 Å². The van der Waals surface area contributed by atoms with E-state index in [-0.39, 0.29) is 23.4 Å². The van der Waals surface area contributed by atoms with Gasteiger partial charge in [0.15, 0.2) is 5.78 Å². The van der Waals surface area contributed by atoms with Crippen LogP contribution in [0.5, 0.6) is 5.75 Å². The van der Waals surface area contributed by atoms with Crippen LogP contribution in [0.1, 0.15) is 34.7 Å². The lowest BCUT2D eigenvalue weighted by Crippen LogP contribution is -2.36. The molecule has 1 heterocycles. The molecule has 2 unspecified atom stereocenters. The van der Waals surface area contributed by atoms with E-state index in [2.05, 4.69) is 10.1 Å². The van der Waals surface area contributed by atoms with Crippen LogP contribution in [0, 0.1) is 5.92 Å². The summed E-state index contributed by atoms with van der Waals surface area (Å²) in [6.45, 7) is 1.51. The van der Waals surface area contributed by atoms with Crippen LogP contribution >= 0.6 is 0 Å². The lowest BCUT2D eigenvalue weighted by atomic mass is 9.82. The molecule has 2 atom stereocenters. The summed E-state index contributed by atoms with van der Waals surface area (Å²) in [7, 11) is 0. The zero-order valence-electron chi connectivity index (χ0n) is 14.1. The van der Waals surface area contributed by atoms with Crippen molar-refractivity contribution in [2.24, 2.45) is 5.92 Å². The van der Waals surface area contributed by atoms with Crippen molar-refractivity contribution in [2.75, 3.05) is 13.1 Å². The molecule has 2 aromatic carbocycles. The topological polar surface area (TPSA) is 38.3 Å². The molecule has 6 heteroatoms. The number of halogens is 3. The van der Waals surface area contributed by atoms with Gasteiger partial charge in [-0.2, -0.15) is 0 Å². The average Bonchev–Trinajstić information content (AvgIpc) is 2.62. The standard InChI is InChI=1S/C20H20F3NO2/c21-20(22,23)26-18-8-6-15(7-9-18)17-10-14(12-24-13-17)11-19(25)16-4-2-1-3-5-16/h1-9,14,17,24H,10-13H2. The Bertz CT molecular complexity index is 729. The van der Waals surface area contributed by atoms with Crippen molar-refractivity contribution >= 4 is 5.78 Å². The molecule has 138 valence electrons. The molecular formula is C20H20F3NO2.